The lowest BCUT2D eigenvalue weighted by Crippen LogP contribution is -2.04. The second-order valence-corrected chi connectivity index (χ2v) is 5.70. The molecule has 6 nitrogen and oxygen atoms in total. The largest absolute Gasteiger partial charge is 0.508 e. The molecular formula is C18H19N3O3. The number of aliphatic carboxylic acids is 1. The molecule has 0 aliphatic rings. The van der Waals surface area contributed by atoms with Crippen molar-refractivity contribution in [1.82, 2.24) is 14.3 Å². The summed E-state index contributed by atoms with van der Waals surface area (Å²) in [5.74, 6) is 0.0141. The first-order chi connectivity index (χ1) is 11.4. The molecule has 0 atom stereocenters. The van der Waals surface area contributed by atoms with Gasteiger partial charge in [0.05, 0.1) is 11.2 Å². The van der Waals surface area contributed by atoms with Gasteiger partial charge in [-0.1, -0.05) is 6.92 Å². The lowest BCUT2D eigenvalue weighted by atomic mass is 10.1. The molecule has 0 amide bonds. The predicted octanol–water partition coefficient (Wildman–Crippen LogP) is 3.26. The monoisotopic (exact) mass is 325 g/mol. The molecule has 0 saturated carbocycles. The molecule has 0 unspecified atom stereocenters. The van der Waals surface area contributed by atoms with Crippen molar-refractivity contribution in [3.8, 4) is 11.6 Å². The summed E-state index contributed by atoms with van der Waals surface area (Å²) in [5, 5.41) is 24.5. The molecular weight excluding hydrogens is 306 g/mol. The molecule has 0 radical (unpaired) electrons. The number of phenolic OH excluding ortho intramolecular Hbond substituents is 1. The van der Waals surface area contributed by atoms with Crippen LogP contribution in [0.3, 0.4) is 0 Å². The minimum atomic E-state index is -0.929. The Morgan fingerprint density at radius 1 is 1.33 bits per heavy atom. The number of aryl methyl sites for hydroxylation is 2. The lowest BCUT2D eigenvalue weighted by molar-refractivity contribution is -0.132. The molecule has 3 aromatic rings. The van der Waals surface area contributed by atoms with E-state index in [9.17, 15) is 15.0 Å². The van der Waals surface area contributed by atoms with E-state index in [1.54, 1.807) is 22.9 Å². The van der Waals surface area contributed by atoms with E-state index < -0.39 is 5.97 Å². The Morgan fingerprint density at radius 3 is 2.75 bits per heavy atom. The maximum atomic E-state index is 11.4. The number of phenols is 1. The van der Waals surface area contributed by atoms with Gasteiger partial charge in [0.15, 0.2) is 0 Å². The molecule has 0 aliphatic heterocycles. The Labute approximate surface area is 139 Å². The quantitative estimate of drug-likeness (QED) is 0.722. The summed E-state index contributed by atoms with van der Waals surface area (Å²) >= 11 is 0. The number of hydrogen-bond acceptors (Lipinski definition) is 3. The number of aromatic nitrogens is 3. The van der Waals surface area contributed by atoms with Gasteiger partial charge in [-0.05, 0) is 37.6 Å². The van der Waals surface area contributed by atoms with Gasteiger partial charge in [-0.2, -0.15) is 5.10 Å². The van der Waals surface area contributed by atoms with Gasteiger partial charge in [-0.3, -0.25) is 4.68 Å². The maximum absolute atomic E-state index is 11.4. The van der Waals surface area contributed by atoms with Crippen LogP contribution in [0.2, 0.25) is 0 Å². The van der Waals surface area contributed by atoms with Gasteiger partial charge in [-0.25, -0.2) is 4.79 Å². The van der Waals surface area contributed by atoms with Crippen molar-refractivity contribution in [3.05, 3.63) is 47.3 Å². The smallest absolute Gasteiger partial charge is 0.331 e. The van der Waals surface area contributed by atoms with Crippen LogP contribution >= 0.6 is 0 Å². The summed E-state index contributed by atoms with van der Waals surface area (Å²) in [7, 11) is 1.82. The van der Waals surface area contributed by atoms with Crippen LogP contribution in [-0.2, 0) is 11.8 Å². The molecule has 0 spiro atoms. The fourth-order valence-corrected chi connectivity index (χ4v) is 2.91. The Balaban J connectivity index is 2.28. The van der Waals surface area contributed by atoms with Crippen molar-refractivity contribution >= 4 is 22.9 Å². The van der Waals surface area contributed by atoms with Crippen molar-refractivity contribution < 1.29 is 15.0 Å². The summed E-state index contributed by atoms with van der Waals surface area (Å²) in [4.78, 5) is 11.4. The first-order valence-electron chi connectivity index (χ1n) is 7.70. The summed E-state index contributed by atoms with van der Waals surface area (Å²) in [6.45, 7) is 3.67. The van der Waals surface area contributed by atoms with Crippen molar-refractivity contribution in [2.24, 2.45) is 7.05 Å². The minimum absolute atomic E-state index is 0.179. The van der Waals surface area contributed by atoms with Crippen molar-refractivity contribution in [2.45, 2.75) is 20.3 Å². The van der Waals surface area contributed by atoms with Crippen LogP contribution in [0.25, 0.3) is 22.8 Å². The summed E-state index contributed by atoms with van der Waals surface area (Å²) in [5.41, 5.74) is 2.67. The zero-order valence-corrected chi connectivity index (χ0v) is 13.8. The van der Waals surface area contributed by atoms with Crippen LogP contribution < -0.4 is 0 Å². The highest BCUT2D eigenvalue weighted by atomic mass is 16.4. The van der Waals surface area contributed by atoms with E-state index in [-0.39, 0.29) is 5.75 Å². The number of hydrogen-bond donors (Lipinski definition) is 2. The fraction of sp³-hybridized carbons (Fsp3) is 0.222. The molecule has 3 rings (SSSR count). The zero-order chi connectivity index (χ0) is 17.4. The van der Waals surface area contributed by atoms with Gasteiger partial charge >= 0.3 is 5.97 Å². The molecule has 1 aromatic carbocycles. The maximum Gasteiger partial charge on any atom is 0.331 e. The first kappa shape index (κ1) is 15.9. The van der Waals surface area contributed by atoms with E-state index in [1.807, 2.05) is 43.8 Å². The molecule has 2 N–H and O–H groups in total. The average Bonchev–Trinajstić information content (AvgIpc) is 3.04. The molecule has 2 heterocycles. The van der Waals surface area contributed by atoms with E-state index in [4.69, 9.17) is 0 Å². The summed E-state index contributed by atoms with van der Waals surface area (Å²) < 4.78 is 3.63. The van der Waals surface area contributed by atoms with Gasteiger partial charge in [0.25, 0.3) is 0 Å². The zero-order valence-electron chi connectivity index (χ0n) is 13.8. The molecule has 124 valence electrons. The third kappa shape index (κ3) is 2.56. The average molecular weight is 325 g/mol. The van der Waals surface area contributed by atoms with Gasteiger partial charge in [0.1, 0.15) is 11.6 Å². The molecule has 0 bridgehead atoms. The van der Waals surface area contributed by atoms with E-state index in [0.717, 1.165) is 28.0 Å². The van der Waals surface area contributed by atoms with Crippen molar-refractivity contribution in [3.63, 3.8) is 0 Å². The minimum Gasteiger partial charge on any atom is -0.508 e. The third-order valence-electron chi connectivity index (χ3n) is 4.12. The summed E-state index contributed by atoms with van der Waals surface area (Å²) in [6.07, 6.45) is 4.00. The number of carboxylic acids is 1. The number of carbonyl (C=O) groups is 1. The lowest BCUT2D eigenvalue weighted by Gasteiger charge is -2.09. The highest BCUT2D eigenvalue weighted by Gasteiger charge is 2.17. The van der Waals surface area contributed by atoms with E-state index in [0.29, 0.717) is 12.0 Å². The Hall–Kier alpha value is -3.02. The van der Waals surface area contributed by atoms with Gasteiger partial charge in [-0.15, -0.1) is 0 Å². The second kappa shape index (κ2) is 5.88. The third-order valence-corrected chi connectivity index (χ3v) is 4.12. The number of nitrogens with zero attached hydrogens (tertiary/aromatic N) is 3. The number of benzene rings is 1. The SMILES string of the molecule is CCC(=Cc1c(C)nn(C)c1-n1ccc2ccc(O)cc21)C(=O)O. The van der Waals surface area contributed by atoms with Crippen LogP contribution in [0.15, 0.2) is 36.0 Å². The Bertz CT molecular complexity index is 963. The van der Waals surface area contributed by atoms with E-state index >= 15 is 0 Å². The van der Waals surface area contributed by atoms with Gasteiger partial charge in [0.2, 0.25) is 0 Å². The molecule has 24 heavy (non-hydrogen) atoms. The van der Waals surface area contributed by atoms with Gasteiger partial charge < -0.3 is 14.8 Å². The Morgan fingerprint density at radius 2 is 2.08 bits per heavy atom. The van der Waals surface area contributed by atoms with E-state index in [1.165, 1.54) is 0 Å². The molecule has 0 aliphatic carbocycles. The van der Waals surface area contributed by atoms with Crippen LogP contribution in [-0.4, -0.2) is 30.5 Å². The standard InChI is InChI=1S/C18H19N3O3/c1-4-12(18(23)24)9-15-11(2)19-20(3)17(15)21-8-7-13-5-6-14(22)10-16(13)21/h5-10,22H,4H2,1-3H3,(H,23,24). The number of carboxylic acid groups (broad SMARTS) is 1. The van der Waals surface area contributed by atoms with Crippen LogP contribution in [0, 0.1) is 6.92 Å². The highest BCUT2D eigenvalue weighted by Crippen LogP contribution is 2.28. The number of rotatable bonds is 4. The molecule has 0 saturated heterocycles. The van der Waals surface area contributed by atoms with E-state index in [2.05, 4.69) is 5.10 Å². The number of aromatic hydroxyl groups is 1. The van der Waals surface area contributed by atoms with Crippen molar-refractivity contribution in [1.29, 1.82) is 0 Å². The highest BCUT2D eigenvalue weighted by molar-refractivity contribution is 5.93. The van der Waals surface area contributed by atoms with Gasteiger partial charge in [0, 0.05) is 35.8 Å². The van der Waals surface area contributed by atoms with Crippen molar-refractivity contribution in [2.75, 3.05) is 0 Å². The van der Waals surface area contributed by atoms with Crippen LogP contribution in [0.4, 0.5) is 0 Å². The second-order valence-electron chi connectivity index (χ2n) is 5.70. The predicted molar refractivity (Wildman–Crippen MR) is 92.3 cm³/mol. The fourth-order valence-electron chi connectivity index (χ4n) is 2.91. The first-order valence-corrected chi connectivity index (χ1v) is 7.70. The molecule has 2 aromatic heterocycles. The topological polar surface area (TPSA) is 80.3 Å². The van der Waals surface area contributed by atoms with Crippen LogP contribution in [0.1, 0.15) is 24.6 Å². The Kier molecular flexibility index (Phi) is 3.89. The molecule has 0 fully saturated rings. The normalized spacial score (nSPS) is 12.0. The summed E-state index contributed by atoms with van der Waals surface area (Å²) in [6, 6.07) is 7.11. The molecule has 6 heteroatoms. The van der Waals surface area contributed by atoms with Crippen LogP contribution in [0.5, 0.6) is 5.75 Å². The number of fused-ring (bicyclic) bond motifs is 1.